The van der Waals surface area contributed by atoms with E-state index in [0.717, 1.165) is 25.7 Å². The molecule has 1 N–H and O–H groups in total. The number of likely N-dealkylation sites (N-methyl/N-ethyl adjacent to an activating group) is 1. The van der Waals surface area contributed by atoms with Gasteiger partial charge in [-0.2, -0.15) is 0 Å². The average molecular weight is 293 g/mol. The molecule has 0 bridgehead atoms. The van der Waals surface area contributed by atoms with Crippen LogP contribution >= 0.6 is 11.8 Å². The molecule has 0 amide bonds. The molecule has 20 heavy (non-hydrogen) atoms. The highest BCUT2D eigenvalue weighted by Gasteiger charge is 2.42. The summed E-state index contributed by atoms with van der Waals surface area (Å²) in [4.78, 5) is 13.4. The normalized spacial score (nSPS) is 26.2. The van der Waals surface area contributed by atoms with Crippen LogP contribution in [0.1, 0.15) is 31.2 Å². The second kappa shape index (κ2) is 6.64. The molecule has 110 valence electrons. The predicted molar refractivity (Wildman–Crippen MR) is 83.1 cm³/mol. The van der Waals surface area contributed by atoms with Crippen LogP contribution in [0.4, 0.5) is 0 Å². The van der Waals surface area contributed by atoms with E-state index in [1.54, 1.807) is 0 Å². The SMILES string of the molecule is CNC1(C(=O)OC)CCCC(Sc2cccc(C)c2)C1. The number of esters is 1. The lowest BCUT2D eigenvalue weighted by atomic mass is 9.81. The molecule has 0 saturated heterocycles. The summed E-state index contributed by atoms with van der Waals surface area (Å²) in [5.41, 5.74) is 0.771. The number of thioether (sulfide) groups is 1. The van der Waals surface area contributed by atoms with Gasteiger partial charge in [0.15, 0.2) is 0 Å². The lowest BCUT2D eigenvalue weighted by molar-refractivity contribution is -0.149. The summed E-state index contributed by atoms with van der Waals surface area (Å²) in [5.74, 6) is -0.130. The number of methoxy groups -OCH3 is 1. The number of hydrogen-bond acceptors (Lipinski definition) is 4. The molecule has 4 heteroatoms. The van der Waals surface area contributed by atoms with Crippen LogP contribution < -0.4 is 5.32 Å². The molecular weight excluding hydrogens is 270 g/mol. The highest BCUT2D eigenvalue weighted by molar-refractivity contribution is 8.00. The highest BCUT2D eigenvalue weighted by atomic mass is 32.2. The molecule has 0 radical (unpaired) electrons. The van der Waals surface area contributed by atoms with Crippen LogP contribution in [0.5, 0.6) is 0 Å². The summed E-state index contributed by atoms with van der Waals surface area (Å²) in [5, 5.41) is 3.66. The summed E-state index contributed by atoms with van der Waals surface area (Å²) in [7, 11) is 3.33. The number of benzene rings is 1. The van der Waals surface area contributed by atoms with Gasteiger partial charge < -0.3 is 10.1 Å². The third-order valence-electron chi connectivity index (χ3n) is 4.05. The lowest BCUT2D eigenvalue weighted by Gasteiger charge is -2.38. The number of nitrogens with one attached hydrogen (secondary N) is 1. The zero-order chi connectivity index (χ0) is 14.6. The summed E-state index contributed by atoms with van der Waals surface area (Å²) in [6.07, 6.45) is 3.90. The minimum atomic E-state index is -0.505. The Morgan fingerprint density at radius 2 is 2.30 bits per heavy atom. The van der Waals surface area contributed by atoms with Crippen molar-refractivity contribution in [2.75, 3.05) is 14.2 Å². The number of ether oxygens (including phenoxy) is 1. The second-order valence-corrected chi connectivity index (χ2v) is 6.85. The van der Waals surface area contributed by atoms with Crippen molar-refractivity contribution in [3.8, 4) is 0 Å². The Kier molecular flexibility index (Phi) is 5.11. The van der Waals surface area contributed by atoms with E-state index >= 15 is 0 Å². The molecule has 0 aromatic heterocycles. The first-order valence-electron chi connectivity index (χ1n) is 7.10. The van der Waals surface area contributed by atoms with Gasteiger partial charge in [-0.1, -0.05) is 17.7 Å². The molecule has 2 rings (SSSR count). The molecule has 1 fully saturated rings. The van der Waals surface area contributed by atoms with Crippen LogP contribution in [-0.4, -0.2) is 30.9 Å². The zero-order valence-electron chi connectivity index (χ0n) is 12.4. The Morgan fingerprint density at radius 3 is 2.95 bits per heavy atom. The molecule has 1 aliphatic rings. The van der Waals surface area contributed by atoms with Gasteiger partial charge in [0.05, 0.1) is 7.11 Å². The molecule has 0 heterocycles. The van der Waals surface area contributed by atoms with Crippen molar-refractivity contribution in [3.63, 3.8) is 0 Å². The average Bonchev–Trinajstić information content (AvgIpc) is 2.46. The topological polar surface area (TPSA) is 38.3 Å². The molecule has 1 aliphatic carbocycles. The minimum absolute atomic E-state index is 0.130. The van der Waals surface area contributed by atoms with Gasteiger partial charge >= 0.3 is 5.97 Å². The number of carbonyl (C=O) groups excluding carboxylic acids is 1. The van der Waals surface area contributed by atoms with Gasteiger partial charge in [0.1, 0.15) is 5.54 Å². The maximum absolute atomic E-state index is 12.1. The van der Waals surface area contributed by atoms with Crippen LogP contribution in [-0.2, 0) is 9.53 Å². The van der Waals surface area contributed by atoms with Crippen molar-refractivity contribution in [2.45, 2.75) is 48.3 Å². The van der Waals surface area contributed by atoms with Gasteiger partial charge in [0.2, 0.25) is 0 Å². The molecule has 0 aliphatic heterocycles. The molecule has 0 spiro atoms. The molecule has 1 saturated carbocycles. The first-order valence-corrected chi connectivity index (χ1v) is 7.98. The first kappa shape index (κ1) is 15.4. The highest BCUT2D eigenvalue weighted by Crippen LogP contribution is 2.38. The number of carbonyl (C=O) groups is 1. The molecule has 1 aromatic carbocycles. The van der Waals surface area contributed by atoms with E-state index in [2.05, 4.69) is 36.5 Å². The molecule has 1 aromatic rings. The molecule has 2 unspecified atom stereocenters. The van der Waals surface area contributed by atoms with Crippen LogP contribution in [0.3, 0.4) is 0 Å². The van der Waals surface area contributed by atoms with E-state index in [0.29, 0.717) is 5.25 Å². The minimum Gasteiger partial charge on any atom is -0.468 e. The number of rotatable bonds is 4. The second-order valence-electron chi connectivity index (χ2n) is 5.48. The maximum atomic E-state index is 12.1. The Morgan fingerprint density at radius 1 is 1.50 bits per heavy atom. The number of aryl methyl sites for hydroxylation is 1. The van der Waals surface area contributed by atoms with Crippen molar-refractivity contribution >= 4 is 17.7 Å². The molecule has 2 atom stereocenters. The first-order chi connectivity index (χ1) is 9.59. The largest absolute Gasteiger partial charge is 0.468 e. The van der Waals surface area contributed by atoms with E-state index in [4.69, 9.17) is 4.74 Å². The fraction of sp³-hybridized carbons (Fsp3) is 0.562. The lowest BCUT2D eigenvalue weighted by Crippen LogP contribution is -2.54. The summed E-state index contributed by atoms with van der Waals surface area (Å²) < 4.78 is 4.99. The van der Waals surface area contributed by atoms with E-state index in [9.17, 15) is 4.79 Å². The summed E-state index contributed by atoms with van der Waals surface area (Å²) in [6, 6.07) is 8.55. The van der Waals surface area contributed by atoms with Crippen molar-refractivity contribution < 1.29 is 9.53 Å². The van der Waals surface area contributed by atoms with Crippen LogP contribution in [0.2, 0.25) is 0 Å². The van der Waals surface area contributed by atoms with Crippen molar-refractivity contribution in [2.24, 2.45) is 0 Å². The summed E-state index contributed by atoms with van der Waals surface area (Å²) in [6.45, 7) is 2.11. The van der Waals surface area contributed by atoms with Crippen molar-refractivity contribution in [1.82, 2.24) is 5.32 Å². The summed E-state index contributed by atoms with van der Waals surface area (Å²) >= 11 is 1.88. The molecular formula is C16H23NO2S. The third kappa shape index (κ3) is 3.36. The van der Waals surface area contributed by atoms with E-state index in [1.165, 1.54) is 17.6 Å². The zero-order valence-corrected chi connectivity index (χ0v) is 13.3. The van der Waals surface area contributed by atoms with Crippen LogP contribution in [0.25, 0.3) is 0 Å². The maximum Gasteiger partial charge on any atom is 0.326 e. The van der Waals surface area contributed by atoms with E-state index in [-0.39, 0.29) is 5.97 Å². The van der Waals surface area contributed by atoms with Gasteiger partial charge in [-0.05, 0) is 51.8 Å². The fourth-order valence-electron chi connectivity index (χ4n) is 2.92. The monoisotopic (exact) mass is 293 g/mol. The van der Waals surface area contributed by atoms with Crippen LogP contribution in [0.15, 0.2) is 29.2 Å². The predicted octanol–water partition coefficient (Wildman–Crippen LogP) is 3.16. The van der Waals surface area contributed by atoms with Gasteiger partial charge in [-0.3, -0.25) is 4.79 Å². The van der Waals surface area contributed by atoms with Crippen LogP contribution in [0, 0.1) is 6.92 Å². The Balaban J connectivity index is 2.08. The number of hydrogen-bond donors (Lipinski definition) is 1. The van der Waals surface area contributed by atoms with Crippen molar-refractivity contribution in [1.29, 1.82) is 0 Å². The van der Waals surface area contributed by atoms with E-state index in [1.807, 2.05) is 18.8 Å². The third-order valence-corrected chi connectivity index (χ3v) is 5.31. The Labute approximate surface area is 125 Å². The Bertz CT molecular complexity index is 477. The standard InChI is InChI=1S/C16H23NO2S/c1-12-6-4-7-13(10-12)20-14-8-5-9-16(11-14,17-2)15(18)19-3/h4,6-7,10,14,17H,5,8-9,11H2,1-3H3. The molecule has 3 nitrogen and oxygen atoms in total. The van der Waals surface area contributed by atoms with Gasteiger partial charge in [-0.15, -0.1) is 11.8 Å². The fourth-order valence-corrected chi connectivity index (χ4v) is 4.36. The van der Waals surface area contributed by atoms with Crippen molar-refractivity contribution in [3.05, 3.63) is 29.8 Å². The quantitative estimate of drug-likeness (QED) is 0.866. The smallest absolute Gasteiger partial charge is 0.326 e. The van der Waals surface area contributed by atoms with Gasteiger partial charge in [-0.25, -0.2) is 0 Å². The van der Waals surface area contributed by atoms with Gasteiger partial charge in [0.25, 0.3) is 0 Å². The van der Waals surface area contributed by atoms with E-state index < -0.39 is 5.54 Å². The Hall–Kier alpha value is -1.00. The van der Waals surface area contributed by atoms with Gasteiger partial charge in [0, 0.05) is 10.1 Å².